The second-order valence-corrected chi connectivity index (χ2v) is 6.41. The van der Waals surface area contributed by atoms with Crippen molar-refractivity contribution in [3.05, 3.63) is 94.5 Å². The van der Waals surface area contributed by atoms with Gasteiger partial charge in [0.05, 0.1) is 12.2 Å². The third kappa shape index (κ3) is 4.64. The fourth-order valence-electron chi connectivity index (χ4n) is 2.57. The molecule has 0 saturated carbocycles. The predicted octanol–water partition coefficient (Wildman–Crippen LogP) is 5.52. The van der Waals surface area contributed by atoms with E-state index in [4.69, 9.17) is 16.3 Å². The van der Waals surface area contributed by atoms with Crippen LogP contribution in [0.5, 0.6) is 5.75 Å². The standard InChI is InChI=1S/C22H20ClNO2/c1-16-11-12-18(15-20(16)23)24-22(25)19-9-5-6-10-21(19)26-14-13-17-7-3-2-4-8-17/h2-12,15H,13-14H2,1H3,(H,24,25). The summed E-state index contributed by atoms with van der Waals surface area (Å²) < 4.78 is 5.86. The van der Waals surface area contributed by atoms with Crippen LogP contribution in [-0.4, -0.2) is 12.5 Å². The van der Waals surface area contributed by atoms with Crippen LogP contribution < -0.4 is 10.1 Å². The van der Waals surface area contributed by atoms with E-state index in [1.807, 2.05) is 55.5 Å². The van der Waals surface area contributed by atoms with E-state index in [2.05, 4.69) is 17.4 Å². The Hall–Kier alpha value is -2.78. The maximum absolute atomic E-state index is 12.6. The molecular weight excluding hydrogens is 346 g/mol. The third-order valence-corrected chi connectivity index (χ3v) is 4.46. The number of nitrogens with one attached hydrogen (secondary N) is 1. The summed E-state index contributed by atoms with van der Waals surface area (Å²) in [5.74, 6) is 0.347. The number of carbonyl (C=O) groups is 1. The van der Waals surface area contributed by atoms with E-state index in [0.29, 0.717) is 28.6 Å². The molecular formula is C22H20ClNO2. The average Bonchev–Trinajstić information content (AvgIpc) is 2.66. The van der Waals surface area contributed by atoms with Gasteiger partial charge in [-0.2, -0.15) is 0 Å². The highest BCUT2D eigenvalue weighted by atomic mass is 35.5. The number of rotatable bonds is 6. The zero-order valence-corrected chi connectivity index (χ0v) is 15.3. The number of aryl methyl sites for hydroxylation is 1. The molecule has 3 aromatic rings. The Balaban J connectivity index is 1.67. The van der Waals surface area contributed by atoms with Crippen LogP contribution in [0.25, 0.3) is 0 Å². The predicted molar refractivity (Wildman–Crippen MR) is 106 cm³/mol. The summed E-state index contributed by atoms with van der Waals surface area (Å²) >= 11 is 6.13. The van der Waals surface area contributed by atoms with Crippen molar-refractivity contribution in [3.63, 3.8) is 0 Å². The third-order valence-electron chi connectivity index (χ3n) is 4.05. The van der Waals surface area contributed by atoms with Crippen LogP contribution in [0.3, 0.4) is 0 Å². The van der Waals surface area contributed by atoms with Gasteiger partial charge in [0.2, 0.25) is 0 Å². The minimum atomic E-state index is -0.222. The first kappa shape index (κ1) is 18.0. The molecule has 3 aromatic carbocycles. The van der Waals surface area contributed by atoms with Crippen molar-refractivity contribution in [2.45, 2.75) is 13.3 Å². The molecule has 0 aromatic heterocycles. The Morgan fingerprint density at radius 1 is 1.00 bits per heavy atom. The molecule has 3 nitrogen and oxygen atoms in total. The number of halogens is 1. The van der Waals surface area contributed by atoms with Gasteiger partial charge in [0.15, 0.2) is 0 Å². The summed E-state index contributed by atoms with van der Waals surface area (Å²) in [4.78, 5) is 12.6. The van der Waals surface area contributed by atoms with E-state index < -0.39 is 0 Å². The van der Waals surface area contributed by atoms with E-state index in [1.165, 1.54) is 5.56 Å². The van der Waals surface area contributed by atoms with E-state index in [1.54, 1.807) is 12.1 Å². The summed E-state index contributed by atoms with van der Waals surface area (Å²) in [6, 6.07) is 22.8. The largest absolute Gasteiger partial charge is 0.492 e. The SMILES string of the molecule is Cc1ccc(NC(=O)c2ccccc2OCCc2ccccc2)cc1Cl. The van der Waals surface area contributed by atoms with Crippen molar-refractivity contribution in [2.75, 3.05) is 11.9 Å². The first-order chi connectivity index (χ1) is 12.6. The summed E-state index contributed by atoms with van der Waals surface area (Å²) in [5, 5.41) is 3.49. The lowest BCUT2D eigenvalue weighted by Gasteiger charge is -2.12. The molecule has 0 aliphatic rings. The van der Waals surface area contributed by atoms with E-state index >= 15 is 0 Å². The topological polar surface area (TPSA) is 38.3 Å². The molecule has 0 atom stereocenters. The fraction of sp³-hybridized carbons (Fsp3) is 0.136. The molecule has 0 spiro atoms. The van der Waals surface area contributed by atoms with Crippen LogP contribution in [0.2, 0.25) is 5.02 Å². The molecule has 0 fully saturated rings. The Kier molecular flexibility index (Phi) is 5.92. The molecule has 0 aliphatic heterocycles. The molecule has 0 aliphatic carbocycles. The molecule has 0 bridgehead atoms. The molecule has 3 rings (SSSR count). The Morgan fingerprint density at radius 3 is 2.50 bits per heavy atom. The molecule has 1 N–H and O–H groups in total. The number of para-hydroxylation sites is 1. The molecule has 4 heteroatoms. The van der Waals surface area contributed by atoms with Gasteiger partial charge in [0.1, 0.15) is 5.75 Å². The number of benzene rings is 3. The van der Waals surface area contributed by atoms with Crippen molar-refractivity contribution < 1.29 is 9.53 Å². The van der Waals surface area contributed by atoms with E-state index in [-0.39, 0.29) is 5.91 Å². The number of anilines is 1. The quantitative estimate of drug-likeness (QED) is 0.624. The normalized spacial score (nSPS) is 10.4. The molecule has 132 valence electrons. The van der Waals surface area contributed by atoms with Crippen LogP contribution in [-0.2, 0) is 6.42 Å². The van der Waals surface area contributed by atoms with Crippen molar-refractivity contribution in [1.82, 2.24) is 0 Å². The van der Waals surface area contributed by atoms with Crippen LogP contribution in [0.4, 0.5) is 5.69 Å². The Labute approximate surface area is 158 Å². The summed E-state index contributed by atoms with van der Waals surface area (Å²) in [6.45, 7) is 2.43. The summed E-state index contributed by atoms with van der Waals surface area (Å²) in [6.07, 6.45) is 0.782. The minimum Gasteiger partial charge on any atom is -0.492 e. The first-order valence-corrected chi connectivity index (χ1v) is 8.84. The zero-order chi connectivity index (χ0) is 18.4. The van der Waals surface area contributed by atoms with E-state index in [9.17, 15) is 4.79 Å². The number of ether oxygens (including phenoxy) is 1. The van der Waals surface area contributed by atoms with Crippen LogP contribution >= 0.6 is 11.6 Å². The van der Waals surface area contributed by atoms with Crippen molar-refractivity contribution in [3.8, 4) is 5.75 Å². The van der Waals surface area contributed by atoms with Gasteiger partial charge in [-0.1, -0.05) is 60.1 Å². The smallest absolute Gasteiger partial charge is 0.259 e. The van der Waals surface area contributed by atoms with Crippen LogP contribution in [0, 0.1) is 6.92 Å². The van der Waals surface area contributed by atoms with E-state index in [0.717, 1.165) is 12.0 Å². The average molecular weight is 366 g/mol. The molecule has 0 heterocycles. The van der Waals surface area contributed by atoms with Gasteiger partial charge >= 0.3 is 0 Å². The molecule has 0 unspecified atom stereocenters. The second-order valence-electron chi connectivity index (χ2n) is 6.00. The van der Waals surface area contributed by atoms with Crippen molar-refractivity contribution >= 4 is 23.2 Å². The van der Waals surface area contributed by atoms with Gasteiger partial charge in [-0.3, -0.25) is 4.79 Å². The Morgan fingerprint density at radius 2 is 1.73 bits per heavy atom. The highest BCUT2D eigenvalue weighted by Gasteiger charge is 2.13. The van der Waals surface area contributed by atoms with Gasteiger partial charge in [-0.15, -0.1) is 0 Å². The number of hydrogen-bond donors (Lipinski definition) is 1. The molecule has 0 saturated heterocycles. The van der Waals surface area contributed by atoms with Crippen LogP contribution in [0.1, 0.15) is 21.5 Å². The van der Waals surface area contributed by atoms with Crippen LogP contribution in [0.15, 0.2) is 72.8 Å². The lowest BCUT2D eigenvalue weighted by Crippen LogP contribution is -2.14. The summed E-state index contributed by atoms with van der Waals surface area (Å²) in [7, 11) is 0. The maximum atomic E-state index is 12.6. The highest BCUT2D eigenvalue weighted by Crippen LogP contribution is 2.23. The van der Waals surface area contributed by atoms with Crippen molar-refractivity contribution in [1.29, 1.82) is 0 Å². The first-order valence-electron chi connectivity index (χ1n) is 8.47. The van der Waals surface area contributed by atoms with Gasteiger partial charge in [0, 0.05) is 17.1 Å². The highest BCUT2D eigenvalue weighted by molar-refractivity contribution is 6.31. The van der Waals surface area contributed by atoms with Gasteiger partial charge < -0.3 is 10.1 Å². The lowest BCUT2D eigenvalue weighted by molar-refractivity contribution is 0.102. The number of amides is 1. The zero-order valence-electron chi connectivity index (χ0n) is 14.5. The number of carbonyl (C=O) groups excluding carboxylic acids is 1. The maximum Gasteiger partial charge on any atom is 0.259 e. The fourth-order valence-corrected chi connectivity index (χ4v) is 2.75. The second kappa shape index (κ2) is 8.54. The Bertz CT molecular complexity index is 894. The number of hydrogen-bond acceptors (Lipinski definition) is 2. The monoisotopic (exact) mass is 365 g/mol. The molecule has 26 heavy (non-hydrogen) atoms. The van der Waals surface area contributed by atoms with Gasteiger partial charge in [-0.25, -0.2) is 0 Å². The minimum absolute atomic E-state index is 0.222. The van der Waals surface area contributed by atoms with Gasteiger partial charge in [0.25, 0.3) is 5.91 Å². The van der Waals surface area contributed by atoms with Crippen molar-refractivity contribution in [2.24, 2.45) is 0 Å². The van der Waals surface area contributed by atoms with Gasteiger partial charge in [-0.05, 0) is 42.3 Å². The summed E-state index contributed by atoms with van der Waals surface area (Å²) in [5.41, 5.74) is 3.32. The molecule has 0 radical (unpaired) electrons. The lowest BCUT2D eigenvalue weighted by atomic mass is 10.1. The molecule has 1 amide bonds.